The number of nitrogens with two attached hydrogens (primary N) is 1. The van der Waals surface area contributed by atoms with Crippen LogP contribution in [0.2, 0.25) is 5.02 Å². The second-order valence-electron chi connectivity index (χ2n) is 2.09. The van der Waals surface area contributed by atoms with Crippen molar-refractivity contribution in [3.8, 4) is 0 Å². The zero-order valence-corrected chi connectivity index (χ0v) is 8.88. The Morgan fingerprint density at radius 1 is 1.25 bits per heavy atom. The highest BCUT2D eigenvalue weighted by atomic mass is 35.5. The molecule has 2 N–H and O–H groups in total. The minimum atomic E-state index is 0. The van der Waals surface area contributed by atoms with Gasteiger partial charge in [0, 0.05) is 22.2 Å². The third kappa shape index (κ3) is 4.21. The fourth-order valence-electron chi connectivity index (χ4n) is 0.708. The van der Waals surface area contributed by atoms with E-state index >= 15 is 0 Å². The summed E-state index contributed by atoms with van der Waals surface area (Å²) in [6.07, 6.45) is 0. The molecule has 1 aromatic rings. The maximum Gasteiger partial charge on any atom is 0.0406 e. The van der Waals surface area contributed by atoms with Crippen molar-refractivity contribution in [3.05, 3.63) is 29.3 Å². The molecule has 0 heterocycles. The summed E-state index contributed by atoms with van der Waals surface area (Å²) in [5.41, 5.74) is 5.36. The average Bonchev–Trinajstić information content (AvgIpc) is 2.04. The monoisotopic (exact) mass is 223 g/mol. The third-order valence-electron chi connectivity index (χ3n) is 1.20. The number of halogens is 2. The Labute approximate surface area is 88.1 Å². The standard InChI is InChI=1S/C8H10ClNS.ClH/c9-7-1-3-8(4-2-7)11-6-5-10;/h1-4H,5-6,10H2;1H. The zero-order chi connectivity index (χ0) is 8.10. The van der Waals surface area contributed by atoms with Gasteiger partial charge in [-0.1, -0.05) is 11.6 Å². The topological polar surface area (TPSA) is 26.0 Å². The average molecular weight is 224 g/mol. The molecule has 0 bridgehead atoms. The van der Waals surface area contributed by atoms with Crippen molar-refractivity contribution in [2.45, 2.75) is 4.90 Å². The van der Waals surface area contributed by atoms with Gasteiger partial charge in [-0.3, -0.25) is 0 Å². The highest BCUT2D eigenvalue weighted by Gasteiger charge is 1.91. The fourth-order valence-corrected chi connectivity index (χ4v) is 1.52. The van der Waals surface area contributed by atoms with Crippen molar-refractivity contribution in [1.82, 2.24) is 0 Å². The SMILES string of the molecule is Cl.NCCSc1ccc(Cl)cc1. The number of hydrogen-bond donors (Lipinski definition) is 1. The Morgan fingerprint density at radius 3 is 2.33 bits per heavy atom. The van der Waals surface area contributed by atoms with Gasteiger partial charge in [0.1, 0.15) is 0 Å². The number of hydrogen-bond acceptors (Lipinski definition) is 2. The Morgan fingerprint density at radius 2 is 1.83 bits per heavy atom. The lowest BCUT2D eigenvalue weighted by atomic mass is 10.4. The maximum absolute atomic E-state index is 5.71. The molecule has 0 radical (unpaired) electrons. The van der Waals surface area contributed by atoms with E-state index in [2.05, 4.69) is 0 Å². The van der Waals surface area contributed by atoms with Crippen molar-refractivity contribution >= 4 is 35.8 Å². The van der Waals surface area contributed by atoms with E-state index in [-0.39, 0.29) is 12.4 Å². The van der Waals surface area contributed by atoms with Crippen LogP contribution < -0.4 is 5.73 Å². The molecule has 0 aliphatic heterocycles. The van der Waals surface area contributed by atoms with Gasteiger partial charge in [0.15, 0.2) is 0 Å². The van der Waals surface area contributed by atoms with E-state index in [0.29, 0.717) is 6.54 Å². The van der Waals surface area contributed by atoms with Crippen LogP contribution in [-0.4, -0.2) is 12.3 Å². The van der Waals surface area contributed by atoms with Crippen LogP contribution in [0.1, 0.15) is 0 Å². The van der Waals surface area contributed by atoms with Crippen molar-refractivity contribution < 1.29 is 0 Å². The van der Waals surface area contributed by atoms with Crippen LogP contribution in [0.15, 0.2) is 29.2 Å². The lowest BCUT2D eigenvalue weighted by molar-refractivity contribution is 1.15. The molecule has 0 atom stereocenters. The van der Waals surface area contributed by atoms with Gasteiger partial charge in [0.05, 0.1) is 0 Å². The lowest BCUT2D eigenvalue weighted by Crippen LogP contribution is -2.00. The van der Waals surface area contributed by atoms with Crippen molar-refractivity contribution in [2.24, 2.45) is 5.73 Å². The molecule has 0 unspecified atom stereocenters. The van der Waals surface area contributed by atoms with E-state index < -0.39 is 0 Å². The first-order chi connectivity index (χ1) is 5.33. The van der Waals surface area contributed by atoms with Crippen LogP contribution >= 0.6 is 35.8 Å². The Hall–Kier alpha value is 0.110. The van der Waals surface area contributed by atoms with Crippen LogP contribution in [0.25, 0.3) is 0 Å². The van der Waals surface area contributed by atoms with Gasteiger partial charge in [0.2, 0.25) is 0 Å². The second-order valence-corrected chi connectivity index (χ2v) is 3.70. The molecule has 0 saturated carbocycles. The van der Waals surface area contributed by atoms with Crippen molar-refractivity contribution in [2.75, 3.05) is 12.3 Å². The molecule has 1 nitrogen and oxygen atoms in total. The molecule has 0 aliphatic carbocycles. The van der Waals surface area contributed by atoms with E-state index in [1.807, 2.05) is 24.3 Å². The van der Waals surface area contributed by atoms with Gasteiger partial charge in [-0.15, -0.1) is 24.2 Å². The molecule has 0 saturated heterocycles. The minimum Gasteiger partial charge on any atom is -0.330 e. The number of rotatable bonds is 3. The fraction of sp³-hybridized carbons (Fsp3) is 0.250. The van der Waals surface area contributed by atoms with E-state index in [4.69, 9.17) is 17.3 Å². The predicted octanol–water partition coefficient (Wildman–Crippen LogP) is 2.81. The molecular formula is C8H11Cl2NS. The molecule has 1 aromatic carbocycles. The molecule has 0 aliphatic rings. The van der Waals surface area contributed by atoms with Gasteiger partial charge in [0.25, 0.3) is 0 Å². The first-order valence-corrected chi connectivity index (χ1v) is 4.77. The molecule has 0 amide bonds. The first-order valence-electron chi connectivity index (χ1n) is 3.41. The summed E-state index contributed by atoms with van der Waals surface area (Å²) in [6, 6.07) is 7.78. The summed E-state index contributed by atoms with van der Waals surface area (Å²) in [4.78, 5) is 1.22. The highest BCUT2D eigenvalue weighted by molar-refractivity contribution is 7.99. The van der Waals surface area contributed by atoms with E-state index in [9.17, 15) is 0 Å². The summed E-state index contributed by atoms with van der Waals surface area (Å²) in [6.45, 7) is 0.716. The zero-order valence-electron chi connectivity index (χ0n) is 6.50. The molecule has 12 heavy (non-hydrogen) atoms. The van der Waals surface area contributed by atoms with E-state index in [0.717, 1.165) is 10.8 Å². The van der Waals surface area contributed by atoms with Crippen LogP contribution in [0.5, 0.6) is 0 Å². The van der Waals surface area contributed by atoms with Crippen LogP contribution in [0, 0.1) is 0 Å². The van der Waals surface area contributed by atoms with Gasteiger partial charge in [-0.2, -0.15) is 0 Å². The van der Waals surface area contributed by atoms with Crippen LogP contribution in [0.4, 0.5) is 0 Å². The lowest BCUT2D eigenvalue weighted by Gasteiger charge is -1.98. The van der Waals surface area contributed by atoms with Crippen LogP contribution in [0.3, 0.4) is 0 Å². The Kier molecular flexibility index (Phi) is 6.67. The second kappa shape index (κ2) is 6.61. The van der Waals surface area contributed by atoms with Crippen molar-refractivity contribution in [1.29, 1.82) is 0 Å². The highest BCUT2D eigenvalue weighted by Crippen LogP contribution is 2.19. The molecule has 0 fully saturated rings. The van der Waals surface area contributed by atoms with Gasteiger partial charge < -0.3 is 5.73 Å². The van der Waals surface area contributed by atoms with Crippen LogP contribution in [-0.2, 0) is 0 Å². The van der Waals surface area contributed by atoms with Gasteiger partial charge >= 0.3 is 0 Å². The third-order valence-corrected chi connectivity index (χ3v) is 2.50. The maximum atomic E-state index is 5.71. The molecule has 1 rings (SSSR count). The predicted molar refractivity (Wildman–Crippen MR) is 58.5 cm³/mol. The molecule has 0 aromatic heterocycles. The smallest absolute Gasteiger partial charge is 0.0406 e. The summed E-state index contributed by atoms with van der Waals surface area (Å²) in [7, 11) is 0. The summed E-state index contributed by atoms with van der Waals surface area (Å²) in [5.74, 6) is 0.960. The van der Waals surface area contributed by atoms with Gasteiger partial charge in [-0.05, 0) is 24.3 Å². The van der Waals surface area contributed by atoms with Crippen molar-refractivity contribution in [3.63, 3.8) is 0 Å². The first kappa shape index (κ1) is 12.1. The molecule has 0 spiro atoms. The van der Waals surface area contributed by atoms with Gasteiger partial charge in [-0.25, -0.2) is 0 Å². The van der Waals surface area contributed by atoms with E-state index in [1.54, 1.807) is 11.8 Å². The number of benzene rings is 1. The Balaban J connectivity index is 0.00000121. The summed E-state index contributed by atoms with van der Waals surface area (Å²) < 4.78 is 0. The summed E-state index contributed by atoms with van der Waals surface area (Å²) >= 11 is 7.46. The normalized spacial score (nSPS) is 9.17. The summed E-state index contributed by atoms with van der Waals surface area (Å²) in [5, 5.41) is 0.780. The molecule has 68 valence electrons. The van der Waals surface area contributed by atoms with E-state index in [1.165, 1.54) is 4.90 Å². The largest absolute Gasteiger partial charge is 0.330 e. The minimum absolute atomic E-state index is 0. The molecular weight excluding hydrogens is 213 g/mol. The Bertz CT molecular complexity index is 213. The number of thioether (sulfide) groups is 1. The molecule has 4 heteroatoms. The quantitative estimate of drug-likeness (QED) is 0.799.